The molecule has 1 amide bonds. The van der Waals surface area contributed by atoms with Crippen molar-refractivity contribution in [2.45, 2.75) is 30.3 Å². The van der Waals surface area contributed by atoms with E-state index in [0.29, 0.717) is 23.6 Å². The maximum absolute atomic E-state index is 12.5. The number of thioether (sulfide) groups is 1. The number of carboxylic acid groups (broad SMARTS) is 1. The Morgan fingerprint density at radius 3 is 2.95 bits per heavy atom. The first kappa shape index (κ1) is 13.9. The molecular formula is C13H16N2O3S. The molecule has 1 aliphatic rings. The second-order valence-corrected chi connectivity index (χ2v) is 5.20. The van der Waals surface area contributed by atoms with Crippen molar-refractivity contribution in [1.82, 2.24) is 9.88 Å². The summed E-state index contributed by atoms with van der Waals surface area (Å²) in [5.41, 5.74) is 0.489. The third-order valence-corrected chi connectivity index (χ3v) is 3.96. The van der Waals surface area contributed by atoms with Gasteiger partial charge in [0.15, 0.2) is 0 Å². The number of hydrogen-bond acceptors (Lipinski definition) is 4. The monoisotopic (exact) mass is 280 g/mol. The van der Waals surface area contributed by atoms with Crippen LogP contribution in [0, 0.1) is 0 Å². The number of rotatable bonds is 3. The lowest BCUT2D eigenvalue weighted by molar-refractivity contribution is -0.143. The summed E-state index contributed by atoms with van der Waals surface area (Å²) in [4.78, 5) is 29.4. The molecule has 5 nitrogen and oxygen atoms in total. The van der Waals surface area contributed by atoms with Gasteiger partial charge < -0.3 is 10.0 Å². The Bertz CT molecular complexity index is 493. The fourth-order valence-electron chi connectivity index (χ4n) is 2.30. The van der Waals surface area contributed by atoms with Crippen molar-refractivity contribution in [3.05, 3.63) is 23.9 Å². The molecule has 0 saturated carbocycles. The van der Waals surface area contributed by atoms with Gasteiger partial charge in [-0.05, 0) is 37.7 Å². The van der Waals surface area contributed by atoms with Crippen LogP contribution in [0.1, 0.15) is 29.6 Å². The van der Waals surface area contributed by atoms with Crippen molar-refractivity contribution in [2.24, 2.45) is 0 Å². The molecule has 1 aromatic heterocycles. The van der Waals surface area contributed by atoms with E-state index in [2.05, 4.69) is 4.98 Å². The highest BCUT2D eigenvalue weighted by Gasteiger charge is 2.33. The minimum Gasteiger partial charge on any atom is -0.480 e. The van der Waals surface area contributed by atoms with Crippen LogP contribution in [0.5, 0.6) is 0 Å². The molecule has 0 aromatic carbocycles. The number of likely N-dealkylation sites (tertiary alicyclic amines) is 1. The lowest BCUT2D eigenvalue weighted by atomic mass is 10.0. The van der Waals surface area contributed by atoms with E-state index < -0.39 is 12.0 Å². The van der Waals surface area contributed by atoms with Crippen LogP contribution in [0.25, 0.3) is 0 Å². The van der Waals surface area contributed by atoms with E-state index in [9.17, 15) is 14.7 Å². The van der Waals surface area contributed by atoms with E-state index in [1.54, 1.807) is 18.3 Å². The van der Waals surface area contributed by atoms with Crippen molar-refractivity contribution in [3.63, 3.8) is 0 Å². The van der Waals surface area contributed by atoms with Gasteiger partial charge in [0.1, 0.15) is 11.1 Å². The van der Waals surface area contributed by atoms with Crippen LogP contribution >= 0.6 is 11.8 Å². The van der Waals surface area contributed by atoms with Crippen LogP contribution in [0.3, 0.4) is 0 Å². The van der Waals surface area contributed by atoms with Gasteiger partial charge in [-0.3, -0.25) is 4.79 Å². The Balaban J connectivity index is 2.29. The Morgan fingerprint density at radius 2 is 2.26 bits per heavy atom. The van der Waals surface area contributed by atoms with Crippen LogP contribution in [0.2, 0.25) is 0 Å². The molecule has 102 valence electrons. The molecule has 0 bridgehead atoms. The molecule has 1 atom stereocenters. The first-order valence-corrected chi connectivity index (χ1v) is 7.40. The molecule has 1 aliphatic heterocycles. The predicted octanol–water partition coefficient (Wildman–Crippen LogP) is 1.88. The zero-order valence-corrected chi connectivity index (χ0v) is 11.5. The number of aliphatic carboxylic acids is 1. The number of carboxylic acids is 1. The summed E-state index contributed by atoms with van der Waals surface area (Å²) < 4.78 is 0. The summed E-state index contributed by atoms with van der Waals surface area (Å²) >= 11 is 1.39. The number of hydrogen-bond donors (Lipinski definition) is 1. The number of carbonyl (C=O) groups is 2. The zero-order valence-electron chi connectivity index (χ0n) is 10.7. The minimum absolute atomic E-state index is 0.232. The van der Waals surface area contributed by atoms with Crippen molar-refractivity contribution < 1.29 is 14.7 Å². The Morgan fingerprint density at radius 1 is 1.47 bits per heavy atom. The van der Waals surface area contributed by atoms with Gasteiger partial charge in [-0.1, -0.05) is 0 Å². The highest BCUT2D eigenvalue weighted by Crippen LogP contribution is 2.23. The minimum atomic E-state index is -0.928. The summed E-state index contributed by atoms with van der Waals surface area (Å²) in [7, 11) is 0. The molecule has 2 rings (SSSR count). The standard InChI is InChI=1S/C13H16N2O3S/c1-19-11-9(5-4-7-14-11)12(16)15-8-3-2-6-10(15)13(17)18/h4-5,7,10H,2-3,6,8H2,1H3,(H,17,18)/t10-/m1/s1. The number of piperidine rings is 1. The second-order valence-electron chi connectivity index (χ2n) is 4.41. The SMILES string of the molecule is CSc1ncccc1C(=O)N1CCCC[C@@H]1C(=O)O. The zero-order chi connectivity index (χ0) is 13.8. The third-order valence-electron chi connectivity index (χ3n) is 3.24. The van der Waals surface area contributed by atoms with Crippen molar-refractivity contribution in [2.75, 3.05) is 12.8 Å². The first-order chi connectivity index (χ1) is 9.15. The average molecular weight is 280 g/mol. The summed E-state index contributed by atoms with van der Waals surface area (Å²) in [5.74, 6) is -1.16. The van der Waals surface area contributed by atoms with E-state index in [1.807, 2.05) is 6.26 Å². The topological polar surface area (TPSA) is 70.5 Å². The van der Waals surface area contributed by atoms with Crippen LogP contribution in [0.4, 0.5) is 0 Å². The number of amides is 1. The molecule has 0 aliphatic carbocycles. The highest BCUT2D eigenvalue weighted by molar-refractivity contribution is 7.98. The molecule has 1 N–H and O–H groups in total. The van der Waals surface area contributed by atoms with Crippen molar-refractivity contribution >= 4 is 23.6 Å². The lowest BCUT2D eigenvalue weighted by Gasteiger charge is -2.33. The lowest BCUT2D eigenvalue weighted by Crippen LogP contribution is -2.48. The van der Waals surface area contributed by atoms with Gasteiger partial charge in [-0.2, -0.15) is 0 Å². The summed E-state index contributed by atoms with van der Waals surface area (Å²) in [6, 6.07) is 2.69. The molecule has 0 unspecified atom stereocenters. The summed E-state index contributed by atoms with van der Waals surface area (Å²) in [5, 5.41) is 9.86. The van der Waals surface area contributed by atoms with E-state index in [-0.39, 0.29) is 5.91 Å². The molecule has 0 radical (unpaired) electrons. The highest BCUT2D eigenvalue weighted by atomic mass is 32.2. The largest absolute Gasteiger partial charge is 0.480 e. The van der Waals surface area contributed by atoms with Crippen LogP contribution in [0.15, 0.2) is 23.4 Å². The van der Waals surface area contributed by atoms with Crippen molar-refractivity contribution in [3.8, 4) is 0 Å². The number of aromatic nitrogens is 1. The Labute approximate surface area is 116 Å². The van der Waals surface area contributed by atoms with Gasteiger partial charge >= 0.3 is 5.97 Å². The van der Waals surface area contributed by atoms with E-state index in [0.717, 1.165) is 12.8 Å². The van der Waals surface area contributed by atoms with E-state index in [1.165, 1.54) is 16.7 Å². The molecule has 6 heteroatoms. The van der Waals surface area contributed by atoms with Crippen LogP contribution < -0.4 is 0 Å². The van der Waals surface area contributed by atoms with Gasteiger partial charge in [0, 0.05) is 12.7 Å². The Kier molecular flexibility index (Phi) is 4.42. The predicted molar refractivity (Wildman–Crippen MR) is 72.3 cm³/mol. The summed E-state index contributed by atoms with van der Waals surface area (Å²) in [6.45, 7) is 0.499. The van der Waals surface area contributed by atoms with E-state index in [4.69, 9.17) is 0 Å². The van der Waals surface area contributed by atoms with Gasteiger partial charge in [-0.15, -0.1) is 11.8 Å². The average Bonchev–Trinajstić information content (AvgIpc) is 2.46. The number of carbonyl (C=O) groups excluding carboxylic acids is 1. The molecular weight excluding hydrogens is 264 g/mol. The molecule has 1 saturated heterocycles. The molecule has 1 fully saturated rings. The molecule has 19 heavy (non-hydrogen) atoms. The van der Waals surface area contributed by atoms with Gasteiger partial charge in [0.05, 0.1) is 5.56 Å². The van der Waals surface area contributed by atoms with Gasteiger partial charge in [0.25, 0.3) is 5.91 Å². The van der Waals surface area contributed by atoms with Crippen molar-refractivity contribution in [1.29, 1.82) is 0 Å². The van der Waals surface area contributed by atoms with Crippen LogP contribution in [-0.2, 0) is 4.79 Å². The van der Waals surface area contributed by atoms with Gasteiger partial charge in [0.2, 0.25) is 0 Å². The van der Waals surface area contributed by atoms with Gasteiger partial charge in [-0.25, -0.2) is 9.78 Å². The quantitative estimate of drug-likeness (QED) is 0.856. The third kappa shape index (κ3) is 2.89. The molecule has 2 heterocycles. The summed E-state index contributed by atoms with van der Waals surface area (Å²) in [6.07, 6.45) is 5.71. The second kappa shape index (κ2) is 6.06. The first-order valence-electron chi connectivity index (χ1n) is 6.18. The van der Waals surface area contributed by atoms with Crippen LogP contribution in [-0.4, -0.2) is 45.7 Å². The normalized spacial score (nSPS) is 19.2. The maximum atomic E-state index is 12.5. The number of nitrogens with zero attached hydrogens (tertiary/aromatic N) is 2. The smallest absolute Gasteiger partial charge is 0.326 e. The van der Waals surface area contributed by atoms with E-state index >= 15 is 0 Å². The maximum Gasteiger partial charge on any atom is 0.326 e. The molecule has 0 spiro atoms. The Hall–Kier alpha value is -1.56. The fourth-order valence-corrected chi connectivity index (χ4v) is 2.84. The fraction of sp³-hybridized carbons (Fsp3) is 0.462. The number of pyridine rings is 1. The molecule has 1 aromatic rings.